The monoisotopic (exact) mass is 466 g/mol. The molecule has 180 valence electrons. The fourth-order valence-electron chi connectivity index (χ4n) is 5.71. The first-order valence-corrected chi connectivity index (χ1v) is 11.8. The van der Waals surface area contributed by atoms with Crippen molar-refractivity contribution in [2.75, 3.05) is 18.4 Å². The molecule has 0 aliphatic carbocycles. The highest BCUT2D eigenvalue weighted by Gasteiger charge is 2.52. The highest BCUT2D eigenvalue weighted by atomic mass is 16.5. The molecule has 3 aliphatic heterocycles. The first-order chi connectivity index (χ1) is 16.2. The molecule has 0 radical (unpaired) electrons. The van der Waals surface area contributed by atoms with Gasteiger partial charge in [0.1, 0.15) is 17.1 Å². The third kappa shape index (κ3) is 4.12. The Labute approximate surface area is 198 Å². The zero-order valence-electron chi connectivity index (χ0n) is 19.4. The molecular weight excluding hydrogens is 436 g/mol. The van der Waals surface area contributed by atoms with Crippen LogP contribution in [0.1, 0.15) is 55.1 Å². The minimum absolute atomic E-state index is 0.00958. The Balaban J connectivity index is 1.34. The number of amides is 1. The number of carbonyl (C=O) groups excluding carboxylic acids is 1. The number of carbonyl (C=O) groups is 2. The quantitative estimate of drug-likeness (QED) is 0.629. The Bertz CT molecular complexity index is 1120. The van der Waals surface area contributed by atoms with Crippen molar-refractivity contribution in [2.24, 2.45) is 5.92 Å². The first-order valence-electron chi connectivity index (χ1n) is 11.8. The SMILES string of the molecule is CC1(C)Oc2cc(O)ccc2[C@H]2O[C@H]3CCCN(CC(=O)Nc4ccccc4C(=O)O)[C@H]3C[C@@H]21. The molecule has 34 heavy (non-hydrogen) atoms. The van der Waals surface area contributed by atoms with E-state index in [-0.39, 0.29) is 47.9 Å². The van der Waals surface area contributed by atoms with Crippen LogP contribution in [0.4, 0.5) is 5.69 Å². The number of nitrogens with zero attached hydrogens (tertiary/aromatic N) is 1. The van der Waals surface area contributed by atoms with Crippen LogP contribution in [0, 0.1) is 5.92 Å². The van der Waals surface area contributed by atoms with Gasteiger partial charge in [-0.05, 0) is 63.9 Å². The molecular formula is C26H30N2O6. The number of rotatable bonds is 4. The van der Waals surface area contributed by atoms with Crippen molar-refractivity contribution >= 4 is 17.6 Å². The van der Waals surface area contributed by atoms with Crippen LogP contribution in [-0.4, -0.2) is 57.8 Å². The van der Waals surface area contributed by atoms with Gasteiger partial charge in [0, 0.05) is 23.6 Å². The number of carboxylic acids is 1. The Morgan fingerprint density at radius 3 is 2.79 bits per heavy atom. The third-order valence-corrected chi connectivity index (χ3v) is 7.36. The number of fused-ring (bicyclic) bond motifs is 4. The summed E-state index contributed by atoms with van der Waals surface area (Å²) in [5, 5.41) is 22.1. The van der Waals surface area contributed by atoms with Crippen LogP contribution < -0.4 is 10.1 Å². The van der Waals surface area contributed by atoms with Gasteiger partial charge in [-0.3, -0.25) is 9.69 Å². The van der Waals surface area contributed by atoms with Gasteiger partial charge >= 0.3 is 5.97 Å². The standard InChI is InChI=1S/C26H30N2O6/c1-26(2)18-13-20-21(33-24(18)17-10-9-15(29)12-22(17)34-26)8-5-11-28(20)14-23(30)27-19-7-4-3-6-16(19)25(31)32/h3-4,6-7,9-10,12,18,20-21,24,29H,5,8,11,13-14H2,1-2H3,(H,27,30)(H,31,32)/t18-,20-,21-,24+/m0/s1. The lowest BCUT2D eigenvalue weighted by Gasteiger charge is -2.54. The lowest BCUT2D eigenvalue weighted by molar-refractivity contribution is -0.189. The molecule has 3 heterocycles. The topological polar surface area (TPSA) is 108 Å². The number of hydrogen-bond donors (Lipinski definition) is 3. The summed E-state index contributed by atoms with van der Waals surface area (Å²) in [6.45, 7) is 5.04. The van der Waals surface area contributed by atoms with E-state index in [1.807, 2.05) is 19.9 Å². The lowest BCUT2D eigenvalue weighted by Crippen LogP contribution is -2.59. The van der Waals surface area contributed by atoms with Gasteiger partial charge in [0.15, 0.2) is 0 Å². The van der Waals surface area contributed by atoms with Gasteiger partial charge in [0.2, 0.25) is 5.91 Å². The number of ether oxygens (including phenoxy) is 2. The Morgan fingerprint density at radius 2 is 2.00 bits per heavy atom. The predicted molar refractivity (Wildman–Crippen MR) is 125 cm³/mol. The van der Waals surface area contributed by atoms with Crippen LogP contribution in [0.15, 0.2) is 42.5 Å². The lowest BCUT2D eigenvalue weighted by atomic mass is 9.72. The molecule has 4 atom stereocenters. The first kappa shape index (κ1) is 22.7. The number of phenolic OH excluding ortho intramolecular Hbond substituents is 1. The second-order valence-corrected chi connectivity index (χ2v) is 9.94. The molecule has 0 bridgehead atoms. The van der Waals surface area contributed by atoms with E-state index in [9.17, 15) is 19.8 Å². The Hall–Kier alpha value is -3.10. The van der Waals surface area contributed by atoms with Crippen molar-refractivity contribution in [1.82, 2.24) is 4.90 Å². The Morgan fingerprint density at radius 1 is 1.21 bits per heavy atom. The molecule has 2 aromatic carbocycles. The molecule has 2 fully saturated rings. The highest BCUT2D eigenvalue weighted by Crippen LogP contribution is 2.52. The van der Waals surface area contributed by atoms with Crippen molar-refractivity contribution < 1.29 is 29.3 Å². The Kier molecular flexibility index (Phi) is 5.73. The zero-order valence-corrected chi connectivity index (χ0v) is 19.4. The number of aromatic hydroxyl groups is 1. The minimum Gasteiger partial charge on any atom is -0.508 e. The number of anilines is 1. The fraction of sp³-hybridized carbons (Fsp3) is 0.462. The van der Waals surface area contributed by atoms with E-state index >= 15 is 0 Å². The van der Waals surface area contributed by atoms with Crippen molar-refractivity contribution in [3.63, 3.8) is 0 Å². The van der Waals surface area contributed by atoms with E-state index in [0.29, 0.717) is 11.4 Å². The number of para-hydroxylation sites is 1. The average molecular weight is 467 g/mol. The van der Waals surface area contributed by atoms with E-state index in [1.54, 1.807) is 30.3 Å². The summed E-state index contributed by atoms with van der Waals surface area (Å²) in [5.74, 6) is -0.401. The van der Waals surface area contributed by atoms with Crippen LogP contribution in [0.25, 0.3) is 0 Å². The zero-order chi connectivity index (χ0) is 24.0. The number of piperidine rings is 1. The second-order valence-electron chi connectivity index (χ2n) is 9.94. The van der Waals surface area contributed by atoms with Gasteiger partial charge in [-0.1, -0.05) is 12.1 Å². The normalized spacial score (nSPS) is 27.5. The number of carboxylic acid groups (broad SMARTS) is 1. The average Bonchev–Trinajstić information content (AvgIpc) is 2.78. The van der Waals surface area contributed by atoms with Gasteiger partial charge in [-0.2, -0.15) is 0 Å². The van der Waals surface area contributed by atoms with Gasteiger partial charge < -0.3 is 25.0 Å². The van der Waals surface area contributed by atoms with E-state index in [2.05, 4.69) is 10.2 Å². The molecule has 2 aromatic rings. The summed E-state index contributed by atoms with van der Waals surface area (Å²) >= 11 is 0. The van der Waals surface area contributed by atoms with Gasteiger partial charge in [0.05, 0.1) is 30.0 Å². The summed E-state index contributed by atoms with van der Waals surface area (Å²) in [6.07, 6.45) is 2.52. The van der Waals surface area contributed by atoms with Gasteiger partial charge in [0.25, 0.3) is 0 Å². The summed E-state index contributed by atoms with van der Waals surface area (Å²) in [7, 11) is 0. The van der Waals surface area contributed by atoms with Crippen LogP contribution in [-0.2, 0) is 9.53 Å². The summed E-state index contributed by atoms with van der Waals surface area (Å²) < 4.78 is 13.0. The van der Waals surface area contributed by atoms with Crippen molar-refractivity contribution in [3.05, 3.63) is 53.6 Å². The summed E-state index contributed by atoms with van der Waals surface area (Å²) in [5.41, 5.74) is 0.834. The molecule has 8 heteroatoms. The summed E-state index contributed by atoms with van der Waals surface area (Å²) in [6, 6.07) is 11.7. The molecule has 0 aromatic heterocycles. The minimum atomic E-state index is -1.08. The van der Waals surface area contributed by atoms with Crippen LogP contribution >= 0.6 is 0 Å². The smallest absolute Gasteiger partial charge is 0.337 e. The van der Waals surface area contributed by atoms with Crippen molar-refractivity contribution in [1.29, 1.82) is 0 Å². The van der Waals surface area contributed by atoms with E-state index in [4.69, 9.17) is 9.47 Å². The number of benzene rings is 2. The van der Waals surface area contributed by atoms with Crippen LogP contribution in [0.5, 0.6) is 11.5 Å². The number of hydrogen-bond acceptors (Lipinski definition) is 6. The van der Waals surface area contributed by atoms with Crippen LogP contribution in [0.3, 0.4) is 0 Å². The molecule has 2 saturated heterocycles. The molecule has 0 unspecified atom stereocenters. The van der Waals surface area contributed by atoms with E-state index in [1.165, 1.54) is 6.07 Å². The largest absolute Gasteiger partial charge is 0.508 e. The third-order valence-electron chi connectivity index (χ3n) is 7.36. The highest BCUT2D eigenvalue weighted by molar-refractivity contribution is 6.01. The molecule has 3 aliphatic rings. The number of aromatic carboxylic acids is 1. The van der Waals surface area contributed by atoms with Gasteiger partial charge in [-0.15, -0.1) is 0 Å². The maximum absolute atomic E-state index is 12.9. The van der Waals surface area contributed by atoms with Crippen molar-refractivity contribution in [3.8, 4) is 11.5 Å². The number of phenols is 1. The second kappa shape index (κ2) is 8.60. The summed E-state index contributed by atoms with van der Waals surface area (Å²) in [4.78, 5) is 26.5. The van der Waals surface area contributed by atoms with Gasteiger partial charge in [-0.25, -0.2) is 4.79 Å². The maximum Gasteiger partial charge on any atom is 0.337 e. The van der Waals surface area contributed by atoms with Crippen molar-refractivity contribution in [2.45, 2.75) is 57.0 Å². The molecule has 8 nitrogen and oxygen atoms in total. The van der Waals surface area contributed by atoms with Crippen LogP contribution in [0.2, 0.25) is 0 Å². The number of nitrogens with one attached hydrogen (secondary N) is 1. The maximum atomic E-state index is 12.9. The van der Waals surface area contributed by atoms with E-state index in [0.717, 1.165) is 31.4 Å². The molecule has 1 amide bonds. The number of likely N-dealkylation sites (tertiary alicyclic amines) is 1. The molecule has 0 saturated carbocycles. The van der Waals surface area contributed by atoms with E-state index < -0.39 is 11.6 Å². The fourth-order valence-corrected chi connectivity index (χ4v) is 5.71. The molecule has 0 spiro atoms. The predicted octanol–water partition coefficient (Wildman–Crippen LogP) is 3.81. The molecule has 3 N–H and O–H groups in total. The molecule has 5 rings (SSSR count).